The van der Waals surface area contributed by atoms with E-state index in [0.717, 1.165) is 22.3 Å². The first-order chi connectivity index (χ1) is 14.0. The fourth-order valence-electron chi connectivity index (χ4n) is 2.84. The maximum Gasteiger partial charge on any atom is 0.244 e. The highest BCUT2D eigenvalue weighted by molar-refractivity contribution is 5.95. The third-order valence-electron chi connectivity index (χ3n) is 4.53. The Kier molecular flexibility index (Phi) is 6.34. The van der Waals surface area contributed by atoms with Gasteiger partial charge in [-0.3, -0.25) is 9.59 Å². The highest BCUT2D eigenvalue weighted by atomic mass is 16.5. The Morgan fingerprint density at radius 3 is 2.45 bits per heavy atom. The SMILES string of the molecule is COc1ccc(/C=C/C(=O)N[C@@H](C)C(=O)NC(C)c2cc3ccccc3o2)cc1. The molecule has 6 heteroatoms. The van der Waals surface area contributed by atoms with Crippen molar-refractivity contribution in [3.63, 3.8) is 0 Å². The van der Waals surface area contributed by atoms with Gasteiger partial charge in [0.15, 0.2) is 0 Å². The summed E-state index contributed by atoms with van der Waals surface area (Å²) in [5.41, 5.74) is 1.63. The first-order valence-electron chi connectivity index (χ1n) is 9.38. The maximum atomic E-state index is 12.4. The number of benzene rings is 2. The molecule has 2 amide bonds. The predicted molar refractivity (Wildman–Crippen MR) is 112 cm³/mol. The third-order valence-corrected chi connectivity index (χ3v) is 4.53. The van der Waals surface area contributed by atoms with Crippen molar-refractivity contribution in [2.24, 2.45) is 0 Å². The lowest BCUT2D eigenvalue weighted by Gasteiger charge is -2.16. The lowest BCUT2D eigenvalue weighted by Crippen LogP contribution is -2.44. The molecule has 1 heterocycles. The minimum atomic E-state index is -0.685. The second kappa shape index (κ2) is 9.10. The van der Waals surface area contributed by atoms with Gasteiger partial charge >= 0.3 is 0 Å². The van der Waals surface area contributed by atoms with Gasteiger partial charge in [-0.05, 0) is 49.8 Å². The number of nitrogens with one attached hydrogen (secondary N) is 2. The molecule has 2 aromatic carbocycles. The first kappa shape index (κ1) is 20.2. The summed E-state index contributed by atoms with van der Waals surface area (Å²) < 4.78 is 10.9. The normalized spacial score (nSPS) is 13.2. The number of furan rings is 1. The molecule has 1 unspecified atom stereocenters. The molecule has 0 saturated carbocycles. The third kappa shape index (κ3) is 5.25. The van der Waals surface area contributed by atoms with E-state index >= 15 is 0 Å². The number of rotatable bonds is 7. The minimum absolute atomic E-state index is 0.288. The summed E-state index contributed by atoms with van der Waals surface area (Å²) in [5.74, 6) is 0.775. The zero-order valence-corrected chi connectivity index (χ0v) is 16.6. The molecule has 1 aromatic heterocycles. The molecule has 3 aromatic rings. The average Bonchev–Trinajstić information content (AvgIpc) is 3.17. The molecule has 0 aliphatic heterocycles. The zero-order chi connectivity index (χ0) is 20.8. The molecule has 6 nitrogen and oxygen atoms in total. The van der Waals surface area contributed by atoms with Gasteiger partial charge in [0.05, 0.1) is 13.2 Å². The summed E-state index contributed by atoms with van der Waals surface area (Å²) in [4.78, 5) is 24.5. The number of fused-ring (bicyclic) bond motifs is 1. The van der Waals surface area contributed by atoms with Crippen LogP contribution in [0.3, 0.4) is 0 Å². The molecule has 2 N–H and O–H groups in total. The fraction of sp³-hybridized carbons (Fsp3) is 0.217. The van der Waals surface area contributed by atoms with Crippen LogP contribution >= 0.6 is 0 Å². The van der Waals surface area contributed by atoms with Crippen LogP contribution in [-0.4, -0.2) is 25.0 Å². The van der Waals surface area contributed by atoms with Crippen molar-refractivity contribution in [2.45, 2.75) is 25.9 Å². The zero-order valence-electron chi connectivity index (χ0n) is 16.6. The average molecular weight is 392 g/mol. The Balaban J connectivity index is 1.53. The number of hydrogen-bond acceptors (Lipinski definition) is 4. The number of hydrogen-bond donors (Lipinski definition) is 2. The van der Waals surface area contributed by atoms with Crippen molar-refractivity contribution in [1.29, 1.82) is 0 Å². The van der Waals surface area contributed by atoms with Gasteiger partial charge in [0.2, 0.25) is 11.8 Å². The molecule has 0 aliphatic rings. The summed E-state index contributed by atoms with van der Waals surface area (Å²) in [6.45, 7) is 3.48. The Hall–Kier alpha value is -3.54. The maximum absolute atomic E-state index is 12.4. The molecule has 0 aliphatic carbocycles. The van der Waals surface area contributed by atoms with Crippen molar-refractivity contribution in [2.75, 3.05) is 7.11 Å². The van der Waals surface area contributed by atoms with Crippen molar-refractivity contribution in [1.82, 2.24) is 10.6 Å². The molecule has 0 saturated heterocycles. The summed E-state index contributed by atoms with van der Waals surface area (Å²) in [7, 11) is 1.60. The lowest BCUT2D eigenvalue weighted by molar-refractivity contribution is -0.127. The number of para-hydroxylation sites is 1. The molecular weight excluding hydrogens is 368 g/mol. The van der Waals surface area contributed by atoms with Crippen LogP contribution in [0, 0.1) is 0 Å². The highest BCUT2D eigenvalue weighted by Gasteiger charge is 2.19. The fourth-order valence-corrected chi connectivity index (χ4v) is 2.84. The molecule has 29 heavy (non-hydrogen) atoms. The molecule has 150 valence electrons. The standard InChI is InChI=1S/C23H24N2O4/c1-15(21-14-18-6-4-5-7-20(18)29-21)25-23(27)16(2)24-22(26)13-10-17-8-11-19(28-3)12-9-17/h4-16H,1-3H3,(H,24,26)(H,25,27)/b13-10+/t15?,16-/m0/s1. The molecule has 0 radical (unpaired) electrons. The molecule has 0 fully saturated rings. The van der Waals surface area contributed by atoms with Gasteiger partial charge in [-0.1, -0.05) is 30.3 Å². The van der Waals surface area contributed by atoms with Gasteiger partial charge in [-0.25, -0.2) is 0 Å². The van der Waals surface area contributed by atoms with E-state index < -0.39 is 6.04 Å². The minimum Gasteiger partial charge on any atom is -0.497 e. The van der Waals surface area contributed by atoms with E-state index in [-0.39, 0.29) is 17.9 Å². The van der Waals surface area contributed by atoms with Crippen molar-refractivity contribution >= 4 is 28.9 Å². The van der Waals surface area contributed by atoms with Gasteiger partial charge in [0.25, 0.3) is 0 Å². The smallest absolute Gasteiger partial charge is 0.244 e. The van der Waals surface area contributed by atoms with Crippen LogP contribution in [0.2, 0.25) is 0 Å². The van der Waals surface area contributed by atoms with E-state index in [0.29, 0.717) is 5.76 Å². The largest absolute Gasteiger partial charge is 0.497 e. The van der Waals surface area contributed by atoms with Gasteiger partial charge in [-0.2, -0.15) is 0 Å². The number of methoxy groups -OCH3 is 1. The Morgan fingerprint density at radius 1 is 1.03 bits per heavy atom. The second-order valence-corrected chi connectivity index (χ2v) is 6.75. The van der Waals surface area contributed by atoms with Gasteiger partial charge in [0.1, 0.15) is 23.1 Å². The van der Waals surface area contributed by atoms with Crippen molar-refractivity contribution < 1.29 is 18.7 Å². The quantitative estimate of drug-likeness (QED) is 0.599. The Morgan fingerprint density at radius 2 is 1.76 bits per heavy atom. The van der Waals surface area contributed by atoms with Crippen LogP contribution < -0.4 is 15.4 Å². The van der Waals surface area contributed by atoms with Crippen LogP contribution in [0.4, 0.5) is 0 Å². The van der Waals surface area contributed by atoms with Crippen LogP contribution in [0.5, 0.6) is 5.75 Å². The predicted octanol–water partition coefficient (Wildman–Crippen LogP) is 3.84. The topological polar surface area (TPSA) is 80.6 Å². The van der Waals surface area contributed by atoms with Crippen LogP contribution in [0.25, 0.3) is 17.0 Å². The van der Waals surface area contributed by atoms with Gasteiger partial charge in [0, 0.05) is 11.5 Å². The van der Waals surface area contributed by atoms with Crippen molar-refractivity contribution in [3.8, 4) is 5.75 Å². The Labute approximate surface area is 169 Å². The lowest BCUT2D eigenvalue weighted by atomic mass is 10.2. The van der Waals surface area contributed by atoms with Crippen LogP contribution in [0.15, 0.2) is 65.1 Å². The summed E-state index contributed by atoms with van der Waals surface area (Å²) in [6.07, 6.45) is 3.07. The van der Waals surface area contributed by atoms with E-state index in [1.54, 1.807) is 20.1 Å². The van der Waals surface area contributed by atoms with E-state index in [4.69, 9.17) is 9.15 Å². The Bertz CT molecular complexity index is 988. The highest BCUT2D eigenvalue weighted by Crippen LogP contribution is 2.23. The summed E-state index contributed by atoms with van der Waals surface area (Å²) >= 11 is 0. The van der Waals surface area contributed by atoms with E-state index in [9.17, 15) is 9.59 Å². The van der Waals surface area contributed by atoms with Gasteiger partial charge < -0.3 is 19.8 Å². The van der Waals surface area contributed by atoms with Crippen LogP contribution in [-0.2, 0) is 9.59 Å². The first-order valence-corrected chi connectivity index (χ1v) is 9.38. The van der Waals surface area contributed by atoms with E-state index in [2.05, 4.69) is 10.6 Å². The molecule has 0 bridgehead atoms. The summed E-state index contributed by atoms with van der Waals surface area (Å²) in [6, 6.07) is 15.9. The van der Waals surface area contributed by atoms with E-state index in [1.807, 2.05) is 61.5 Å². The number of carbonyl (C=O) groups excluding carboxylic acids is 2. The van der Waals surface area contributed by atoms with Crippen molar-refractivity contribution in [3.05, 3.63) is 72.0 Å². The molecule has 2 atom stereocenters. The number of ether oxygens (including phenoxy) is 1. The van der Waals surface area contributed by atoms with Gasteiger partial charge in [-0.15, -0.1) is 0 Å². The summed E-state index contributed by atoms with van der Waals surface area (Å²) in [5, 5.41) is 6.51. The second-order valence-electron chi connectivity index (χ2n) is 6.75. The number of amides is 2. The molecule has 0 spiro atoms. The molecule has 3 rings (SSSR count). The monoisotopic (exact) mass is 392 g/mol. The number of carbonyl (C=O) groups is 2. The van der Waals surface area contributed by atoms with E-state index in [1.165, 1.54) is 6.08 Å². The molecular formula is C23H24N2O4. The van der Waals surface area contributed by atoms with Crippen LogP contribution in [0.1, 0.15) is 31.2 Å².